The average molecular weight is 220 g/mol. The number of hydrogen-bond donors (Lipinski definition) is 1. The Labute approximate surface area is 98.9 Å². The highest BCUT2D eigenvalue weighted by Crippen LogP contribution is 2.69. The fourth-order valence-corrected chi connectivity index (χ4v) is 4.87. The lowest BCUT2D eigenvalue weighted by atomic mass is 9.80. The summed E-state index contributed by atoms with van der Waals surface area (Å²) in [4.78, 5) is 0. The van der Waals surface area contributed by atoms with E-state index in [4.69, 9.17) is 0 Å². The molecule has 5 unspecified atom stereocenters. The Balaban J connectivity index is 1.95. The Hall–Kier alpha value is -0.300. The summed E-state index contributed by atoms with van der Waals surface area (Å²) in [6.45, 7) is 7.62. The summed E-state index contributed by atoms with van der Waals surface area (Å²) in [5, 5.41) is 9.51. The summed E-state index contributed by atoms with van der Waals surface area (Å²) in [6, 6.07) is 0. The van der Waals surface area contributed by atoms with Crippen molar-refractivity contribution >= 4 is 0 Å². The summed E-state index contributed by atoms with van der Waals surface area (Å²) in [6.07, 6.45) is 6.27. The molecule has 1 nitrogen and oxygen atoms in total. The lowest BCUT2D eigenvalue weighted by Crippen LogP contribution is -2.20. The van der Waals surface area contributed by atoms with E-state index in [0.717, 1.165) is 23.7 Å². The third kappa shape index (κ3) is 1.27. The topological polar surface area (TPSA) is 20.2 Å². The number of allylic oxidation sites excluding steroid dienone is 1. The van der Waals surface area contributed by atoms with Crippen molar-refractivity contribution < 1.29 is 5.11 Å². The van der Waals surface area contributed by atoms with Gasteiger partial charge < -0.3 is 5.11 Å². The van der Waals surface area contributed by atoms with E-state index in [9.17, 15) is 5.11 Å². The second kappa shape index (κ2) is 3.35. The van der Waals surface area contributed by atoms with Crippen molar-refractivity contribution in [3.63, 3.8) is 0 Å². The number of fused-ring (bicyclic) bond motifs is 3. The van der Waals surface area contributed by atoms with Gasteiger partial charge in [-0.1, -0.05) is 26.8 Å². The molecule has 0 aromatic carbocycles. The van der Waals surface area contributed by atoms with Gasteiger partial charge in [-0.15, -0.1) is 0 Å². The lowest BCUT2D eigenvalue weighted by molar-refractivity contribution is 0.250. The molecule has 1 heteroatoms. The molecule has 0 bridgehead atoms. The average Bonchev–Trinajstić information content (AvgIpc) is 2.66. The van der Waals surface area contributed by atoms with E-state index in [1.807, 2.05) is 0 Å². The molecule has 2 saturated carbocycles. The van der Waals surface area contributed by atoms with Crippen molar-refractivity contribution in [2.24, 2.45) is 35.0 Å². The predicted molar refractivity (Wildman–Crippen MR) is 65.9 cm³/mol. The van der Waals surface area contributed by atoms with Crippen LogP contribution in [0, 0.1) is 35.0 Å². The van der Waals surface area contributed by atoms with Crippen molar-refractivity contribution in [1.82, 2.24) is 0 Å². The van der Waals surface area contributed by atoms with Crippen LogP contribution in [-0.2, 0) is 0 Å². The molecule has 2 fully saturated rings. The smallest absolute Gasteiger partial charge is 0.0644 e. The summed E-state index contributed by atoms with van der Waals surface area (Å²) in [5.41, 5.74) is 1.93. The van der Waals surface area contributed by atoms with Crippen LogP contribution in [0.5, 0.6) is 0 Å². The fourth-order valence-electron chi connectivity index (χ4n) is 4.87. The Bertz CT molecular complexity index is 328. The molecule has 1 N–H and O–H groups in total. The molecule has 16 heavy (non-hydrogen) atoms. The van der Waals surface area contributed by atoms with Gasteiger partial charge in [-0.2, -0.15) is 0 Å². The molecule has 90 valence electrons. The molecule has 3 aliphatic carbocycles. The van der Waals surface area contributed by atoms with Crippen LogP contribution < -0.4 is 0 Å². The molecule has 0 saturated heterocycles. The Morgan fingerprint density at radius 1 is 1.38 bits per heavy atom. The number of aliphatic hydroxyl groups is 1. The van der Waals surface area contributed by atoms with Crippen molar-refractivity contribution in [2.45, 2.75) is 40.0 Å². The first-order valence-corrected chi connectivity index (χ1v) is 6.87. The van der Waals surface area contributed by atoms with Gasteiger partial charge in [-0.05, 0) is 59.8 Å². The van der Waals surface area contributed by atoms with E-state index in [1.54, 1.807) is 0 Å². The minimum Gasteiger partial charge on any atom is -0.392 e. The Kier molecular flexibility index (Phi) is 2.27. The predicted octanol–water partition coefficient (Wildman–Crippen LogP) is 3.24. The molecular formula is C15H24O. The van der Waals surface area contributed by atoms with Crippen molar-refractivity contribution in [1.29, 1.82) is 0 Å². The minimum atomic E-state index is 0.299. The highest BCUT2D eigenvalue weighted by Gasteiger charge is 2.63. The van der Waals surface area contributed by atoms with Crippen LogP contribution in [-0.4, -0.2) is 11.7 Å². The van der Waals surface area contributed by atoms with Gasteiger partial charge in [0.1, 0.15) is 0 Å². The Morgan fingerprint density at radius 3 is 2.81 bits per heavy atom. The number of rotatable bonds is 1. The second-order valence-electron chi connectivity index (χ2n) is 6.86. The van der Waals surface area contributed by atoms with Crippen molar-refractivity contribution in [3.8, 4) is 0 Å². The molecule has 0 aromatic rings. The van der Waals surface area contributed by atoms with E-state index in [0.29, 0.717) is 17.9 Å². The molecular weight excluding hydrogens is 196 g/mol. The first-order chi connectivity index (χ1) is 7.57. The number of hydrogen-bond acceptors (Lipinski definition) is 1. The standard InChI is InChI=1S/C15H24O/c1-9-4-6-11-10(8-16)5-7-12-14(13(9)11)15(12,2)3/h5,9,11-14,16H,4,6-8H2,1-3H3. The first-order valence-electron chi connectivity index (χ1n) is 6.87. The zero-order chi connectivity index (χ0) is 11.5. The van der Waals surface area contributed by atoms with Gasteiger partial charge in [-0.25, -0.2) is 0 Å². The van der Waals surface area contributed by atoms with Gasteiger partial charge in [0.15, 0.2) is 0 Å². The van der Waals surface area contributed by atoms with Crippen LogP contribution in [0.1, 0.15) is 40.0 Å². The molecule has 3 rings (SSSR count). The largest absolute Gasteiger partial charge is 0.392 e. The normalized spacial score (nSPS) is 49.0. The van der Waals surface area contributed by atoms with Gasteiger partial charge in [0.2, 0.25) is 0 Å². The minimum absolute atomic E-state index is 0.299. The van der Waals surface area contributed by atoms with Crippen LogP contribution in [0.3, 0.4) is 0 Å². The second-order valence-corrected chi connectivity index (χ2v) is 6.86. The van der Waals surface area contributed by atoms with Gasteiger partial charge >= 0.3 is 0 Å². The zero-order valence-corrected chi connectivity index (χ0v) is 10.7. The summed E-state index contributed by atoms with van der Waals surface area (Å²) in [7, 11) is 0. The maximum atomic E-state index is 9.51. The molecule has 0 heterocycles. The molecule has 0 aromatic heterocycles. The first kappa shape index (κ1) is 10.8. The maximum Gasteiger partial charge on any atom is 0.0644 e. The highest BCUT2D eigenvalue weighted by molar-refractivity contribution is 5.23. The summed E-state index contributed by atoms with van der Waals surface area (Å²) in [5.74, 6) is 4.25. The van der Waals surface area contributed by atoms with Crippen molar-refractivity contribution in [3.05, 3.63) is 11.6 Å². The molecule has 0 aliphatic heterocycles. The van der Waals surface area contributed by atoms with E-state index in [1.165, 1.54) is 24.8 Å². The van der Waals surface area contributed by atoms with Gasteiger partial charge in [0.25, 0.3) is 0 Å². The quantitative estimate of drug-likeness (QED) is 0.673. The van der Waals surface area contributed by atoms with Crippen LogP contribution in [0.25, 0.3) is 0 Å². The van der Waals surface area contributed by atoms with Gasteiger partial charge in [0.05, 0.1) is 6.61 Å². The van der Waals surface area contributed by atoms with Gasteiger partial charge in [-0.3, -0.25) is 0 Å². The maximum absolute atomic E-state index is 9.51. The monoisotopic (exact) mass is 220 g/mol. The van der Waals surface area contributed by atoms with E-state index in [-0.39, 0.29) is 0 Å². The zero-order valence-electron chi connectivity index (χ0n) is 10.7. The van der Waals surface area contributed by atoms with Crippen LogP contribution in [0.2, 0.25) is 0 Å². The third-order valence-electron chi connectivity index (χ3n) is 5.90. The van der Waals surface area contributed by atoms with E-state index in [2.05, 4.69) is 26.8 Å². The summed E-state index contributed by atoms with van der Waals surface area (Å²) < 4.78 is 0. The van der Waals surface area contributed by atoms with Gasteiger partial charge in [0, 0.05) is 0 Å². The third-order valence-corrected chi connectivity index (χ3v) is 5.90. The molecule has 0 spiro atoms. The molecule has 5 atom stereocenters. The van der Waals surface area contributed by atoms with Crippen LogP contribution in [0.15, 0.2) is 11.6 Å². The van der Waals surface area contributed by atoms with E-state index < -0.39 is 0 Å². The van der Waals surface area contributed by atoms with Crippen LogP contribution in [0.4, 0.5) is 0 Å². The lowest BCUT2D eigenvalue weighted by Gasteiger charge is -2.25. The van der Waals surface area contributed by atoms with Crippen molar-refractivity contribution in [2.75, 3.05) is 6.61 Å². The molecule has 3 aliphatic rings. The molecule has 0 radical (unpaired) electrons. The molecule has 0 amide bonds. The Morgan fingerprint density at radius 2 is 2.12 bits per heavy atom. The SMILES string of the molecule is CC1CCC2C(CO)=CCC3C(C12)C3(C)C. The number of aliphatic hydroxyl groups excluding tert-OH is 1. The highest BCUT2D eigenvalue weighted by atomic mass is 16.3. The van der Waals surface area contributed by atoms with Crippen LogP contribution >= 0.6 is 0 Å². The summed E-state index contributed by atoms with van der Waals surface area (Å²) >= 11 is 0. The fraction of sp³-hybridized carbons (Fsp3) is 0.867. The van der Waals surface area contributed by atoms with E-state index >= 15 is 0 Å².